The predicted molar refractivity (Wildman–Crippen MR) is 123 cm³/mol. The summed E-state index contributed by atoms with van der Waals surface area (Å²) < 4.78 is 22.4. The number of aliphatic hydroxyl groups excluding tert-OH is 1. The second-order valence-electron chi connectivity index (χ2n) is 7.94. The van der Waals surface area contributed by atoms with Crippen molar-refractivity contribution in [3.05, 3.63) is 108 Å². The van der Waals surface area contributed by atoms with Crippen LogP contribution >= 0.6 is 0 Å². The molecule has 0 aromatic heterocycles. The molecular formula is C27H24O8. The zero-order valence-electron chi connectivity index (χ0n) is 18.9. The van der Waals surface area contributed by atoms with Gasteiger partial charge in [0.05, 0.1) is 22.8 Å². The van der Waals surface area contributed by atoms with Crippen molar-refractivity contribution in [3.8, 4) is 0 Å². The van der Waals surface area contributed by atoms with E-state index >= 15 is 0 Å². The lowest BCUT2D eigenvalue weighted by molar-refractivity contribution is -0.275. The summed E-state index contributed by atoms with van der Waals surface area (Å²) in [7, 11) is 0. The van der Waals surface area contributed by atoms with E-state index in [-0.39, 0.29) is 16.7 Å². The van der Waals surface area contributed by atoms with Gasteiger partial charge >= 0.3 is 17.9 Å². The van der Waals surface area contributed by atoms with E-state index in [2.05, 4.69) is 0 Å². The minimum absolute atomic E-state index is 0.226. The summed E-state index contributed by atoms with van der Waals surface area (Å²) in [6.07, 6.45) is -6.48. The van der Waals surface area contributed by atoms with Gasteiger partial charge in [-0.2, -0.15) is 0 Å². The molecule has 1 saturated heterocycles. The van der Waals surface area contributed by atoms with Gasteiger partial charge in [-0.3, -0.25) is 0 Å². The van der Waals surface area contributed by atoms with E-state index in [1.165, 1.54) is 0 Å². The first-order valence-electron chi connectivity index (χ1n) is 11.1. The first-order valence-corrected chi connectivity index (χ1v) is 11.1. The molecule has 3 aromatic carbocycles. The maximum atomic E-state index is 12.9. The molecule has 1 fully saturated rings. The van der Waals surface area contributed by atoms with Gasteiger partial charge < -0.3 is 24.1 Å². The number of carbonyl (C=O) groups excluding carboxylic acids is 3. The van der Waals surface area contributed by atoms with E-state index in [1.54, 1.807) is 97.9 Å². The topological polar surface area (TPSA) is 108 Å². The van der Waals surface area contributed by atoms with Crippen molar-refractivity contribution < 1.29 is 38.4 Å². The lowest BCUT2D eigenvalue weighted by Crippen LogP contribution is -2.60. The van der Waals surface area contributed by atoms with Gasteiger partial charge in [-0.25, -0.2) is 14.4 Å². The molecule has 8 heteroatoms. The highest BCUT2D eigenvalue weighted by molar-refractivity contribution is 5.91. The summed E-state index contributed by atoms with van der Waals surface area (Å²) in [6.45, 7) is 1.56. The van der Waals surface area contributed by atoms with Crippen molar-refractivity contribution in [1.29, 1.82) is 0 Å². The summed E-state index contributed by atoms with van der Waals surface area (Å²) >= 11 is 0. The van der Waals surface area contributed by atoms with Crippen LogP contribution in [0.15, 0.2) is 91.0 Å². The highest BCUT2D eigenvalue weighted by atomic mass is 16.7. The van der Waals surface area contributed by atoms with Gasteiger partial charge in [-0.15, -0.1) is 0 Å². The smallest absolute Gasteiger partial charge is 0.338 e. The monoisotopic (exact) mass is 476 g/mol. The molecule has 35 heavy (non-hydrogen) atoms. The average molecular weight is 476 g/mol. The second kappa shape index (κ2) is 10.9. The summed E-state index contributed by atoms with van der Waals surface area (Å²) in [5, 5.41) is 10.6. The fourth-order valence-electron chi connectivity index (χ4n) is 3.71. The Hall–Kier alpha value is -4.01. The van der Waals surface area contributed by atoms with Crippen molar-refractivity contribution in [2.75, 3.05) is 0 Å². The Balaban J connectivity index is 1.63. The Morgan fingerprint density at radius 1 is 0.600 bits per heavy atom. The van der Waals surface area contributed by atoms with Gasteiger partial charge in [0.2, 0.25) is 0 Å². The van der Waals surface area contributed by atoms with E-state index in [4.69, 9.17) is 18.9 Å². The minimum Gasteiger partial charge on any atom is -0.452 e. The maximum absolute atomic E-state index is 12.9. The molecule has 1 heterocycles. The molecule has 3 unspecified atom stereocenters. The SMILES string of the molecule is CC1O[C@@H](O)C(OC(=O)c2ccccc2)C(OC(=O)c2ccccc2)[C@H]1OC(=O)c1ccccc1. The molecule has 0 saturated carbocycles. The van der Waals surface area contributed by atoms with Crippen LogP contribution in [0.5, 0.6) is 0 Å². The average Bonchev–Trinajstić information content (AvgIpc) is 2.89. The quantitative estimate of drug-likeness (QED) is 0.426. The van der Waals surface area contributed by atoms with Crippen LogP contribution in [0.3, 0.4) is 0 Å². The van der Waals surface area contributed by atoms with Gasteiger partial charge in [-0.05, 0) is 43.3 Å². The first kappa shape index (κ1) is 24.1. The summed E-state index contributed by atoms with van der Waals surface area (Å²) in [5.74, 6) is -2.18. The van der Waals surface area contributed by atoms with Gasteiger partial charge in [0.25, 0.3) is 0 Å². The van der Waals surface area contributed by atoms with Gasteiger partial charge in [-0.1, -0.05) is 54.6 Å². The number of rotatable bonds is 6. The molecule has 1 N–H and O–H groups in total. The minimum atomic E-state index is -1.63. The number of benzene rings is 3. The Bertz CT molecular complexity index is 1080. The van der Waals surface area contributed by atoms with Crippen LogP contribution in [0, 0.1) is 0 Å². The number of hydrogen-bond acceptors (Lipinski definition) is 8. The third kappa shape index (κ3) is 5.74. The number of carbonyl (C=O) groups is 3. The highest BCUT2D eigenvalue weighted by Gasteiger charge is 2.50. The summed E-state index contributed by atoms with van der Waals surface area (Å²) in [4.78, 5) is 38.5. The molecule has 0 aliphatic carbocycles. The molecule has 0 radical (unpaired) electrons. The normalized spacial score (nSPS) is 23.7. The van der Waals surface area contributed by atoms with Gasteiger partial charge in [0.1, 0.15) is 0 Å². The van der Waals surface area contributed by atoms with Crippen LogP contribution in [0.2, 0.25) is 0 Å². The van der Waals surface area contributed by atoms with Gasteiger partial charge in [0.15, 0.2) is 24.6 Å². The van der Waals surface area contributed by atoms with Crippen molar-refractivity contribution >= 4 is 17.9 Å². The lowest BCUT2D eigenvalue weighted by atomic mass is 9.98. The van der Waals surface area contributed by atoms with Crippen molar-refractivity contribution in [2.24, 2.45) is 0 Å². The van der Waals surface area contributed by atoms with Crippen LogP contribution in [0.25, 0.3) is 0 Å². The molecule has 0 bridgehead atoms. The molecule has 1 aliphatic heterocycles. The fraction of sp³-hybridized carbons (Fsp3) is 0.222. The highest BCUT2D eigenvalue weighted by Crippen LogP contribution is 2.29. The van der Waals surface area contributed by atoms with Crippen molar-refractivity contribution in [3.63, 3.8) is 0 Å². The van der Waals surface area contributed by atoms with Crippen LogP contribution in [0.4, 0.5) is 0 Å². The predicted octanol–water partition coefficient (Wildman–Crippen LogP) is 3.40. The summed E-state index contributed by atoms with van der Waals surface area (Å²) in [6, 6.07) is 24.6. The summed E-state index contributed by atoms with van der Waals surface area (Å²) in [5.41, 5.74) is 0.739. The molecule has 0 spiro atoms. The molecular weight excluding hydrogens is 452 g/mol. The van der Waals surface area contributed by atoms with E-state index in [9.17, 15) is 19.5 Å². The van der Waals surface area contributed by atoms with Crippen LogP contribution in [-0.4, -0.2) is 53.7 Å². The van der Waals surface area contributed by atoms with E-state index in [1.807, 2.05) is 0 Å². The standard InChI is InChI=1S/C27H24O8/c1-17-21(33-24(28)18-11-5-2-6-12-18)22(34-25(29)19-13-7-3-8-14-19)23(27(31)32-17)35-26(30)20-15-9-4-10-16-20/h2-17,21-23,27,31H,1H3/t17?,21-,22?,23?,27+/m0/s1. The van der Waals surface area contributed by atoms with E-state index < -0.39 is 48.6 Å². The zero-order valence-corrected chi connectivity index (χ0v) is 18.9. The lowest BCUT2D eigenvalue weighted by Gasteiger charge is -2.42. The number of hydrogen-bond donors (Lipinski definition) is 1. The molecule has 4 rings (SSSR count). The molecule has 0 amide bonds. The van der Waals surface area contributed by atoms with Crippen LogP contribution < -0.4 is 0 Å². The molecule has 3 aromatic rings. The third-order valence-corrected chi connectivity index (χ3v) is 5.50. The molecule has 8 nitrogen and oxygen atoms in total. The largest absolute Gasteiger partial charge is 0.452 e. The molecule has 180 valence electrons. The van der Waals surface area contributed by atoms with E-state index in [0.29, 0.717) is 0 Å². The fourth-order valence-corrected chi connectivity index (χ4v) is 3.71. The second-order valence-corrected chi connectivity index (χ2v) is 7.94. The Labute approximate surface area is 202 Å². The Morgan fingerprint density at radius 2 is 0.943 bits per heavy atom. The van der Waals surface area contributed by atoms with Crippen LogP contribution in [0.1, 0.15) is 38.0 Å². The first-order chi connectivity index (χ1) is 16.9. The van der Waals surface area contributed by atoms with Gasteiger partial charge in [0, 0.05) is 0 Å². The number of esters is 3. The van der Waals surface area contributed by atoms with Crippen molar-refractivity contribution in [1.82, 2.24) is 0 Å². The number of ether oxygens (including phenoxy) is 4. The number of aliphatic hydroxyl groups is 1. The Morgan fingerprint density at radius 3 is 1.34 bits per heavy atom. The third-order valence-electron chi connectivity index (χ3n) is 5.50. The molecule has 5 atom stereocenters. The van der Waals surface area contributed by atoms with Crippen LogP contribution in [-0.2, 0) is 18.9 Å². The van der Waals surface area contributed by atoms with Crippen molar-refractivity contribution in [2.45, 2.75) is 37.6 Å². The molecule has 1 aliphatic rings. The zero-order chi connectivity index (χ0) is 24.8. The maximum Gasteiger partial charge on any atom is 0.338 e. The van der Waals surface area contributed by atoms with E-state index in [0.717, 1.165) is 0 Å². The Kier molecular flexibility index (Phi) is 7.54.